The fraction of sp³-hybridized carbons (Fsp3) is 0.406. The molecular weight excluding hydrogens is 731 g/mol. The van der Waals surface area contributed by atoms with Crippen LogP contribution in [-0.4, -0.2) is 112 Å². The van der Waals surface area contributed by atoms with E-state index >= 15 is 0 Å². The lowest BCUT2D eigenvalue weighted by Crippen LogP contribution is -2.39. The first-order chi connectivity index (χ1) is 24.1. The van der Waals surface area contributed by atoms with Gasteiger partial charge in [0.15, 0.2) is 24.4 Å². The molecule has 286 valence electrons. The highest BCUT2D eigenvalue weighted by Gasteiger charge is 2.40. The summed E-state index contributed by atoms with van der Waals surface area (Å²) in [5.41, 5.74) is -1.41. The number of hydrogen-bond acceptors (Lipinski definition) is 12. The quantitative estimate of drug-likeness (QED) is 0.143. The number of carboxylic acids is 4. The molecule has 20 heteroatoms. The van der Waals surface area contributed by atoms with E-state index in [1.807, 2.05) is 0 Å². The number of carboxylic acid groups (broad SMARTS) is 4. The predicted octanol–water partition coefficient (Wildman–Crippen LogP) is 2.36. The number of phenolic OH excluding ortho intramolecular Hbond substituents is 1. The Balaban J connectivity index is 0.000000385. The predicted molar refractivity (Wildman–Crippen MR) is 173 cm³/mol. The fourth-order valence-corrected chi connectivity index (χ4v) is 5.23. The number of nitrogens with zero attached hydrogens (tertiary/aromatic N) is 1. The van der Waals surface area contributed by atoms with Crippen molar-refractivity contribution in [2.45, 2.75) is 75.8 Å². The third-order valence-electron chi connectivity index (χ3n) is 7.70. The lowest BCUT2D eigenvalue weighted by molar-refractivity contribution is -0.165. The lowest BCUT2D eigenvalue weighted by Gasteiger charge is -2.35. The third kappa shape index (κ3) is 11.1. The van der Waals surface area contributed by atoms with E-state index in [1.54, 1.807) is 0 Å². The van der Waals surface area contributed by atoms with Crippen molar-refractivity contribution in [2.24, 2.45) is 0 Å². The van der Waals surface area contributed by atoms with Gasteiger partial charge in [-0.2, -0.15) is 13.2 Å². The maximum Gasteiger partial charge on any atom is 0.450 e. The molecule has 5 atom stereocenters. The maximum absolute atomic E-state index is 14.0. The number of piperidine rings is 1. The van der Waals surface area contributed by atoms with Crippen molar-refractivity contribution in [1.29, 1.82) is 0 Å². The Labute approximate surface area is 296 Å². The minimum Gasteiger partial charge on any atom is -0.507 e. The second-order valence-electron chi connectivity index (χ2n) is 11.2. The summed E-state index contributed by atoms with van der Waals surface area (Å²) in [5, 5.41) is 75.8. The van der Waals surface area contributed by atoms with E-state index in [9.17, 15) is 42.3 Å². The van der Waals surface area contributed by atoms with Crippen LogP contribution in [0, 0.1) is 0 Å². The van der Waals surface area contributed by atoms with Crippen molar-refractivity contribution in [2.75, 3.05) is 6.54 Å². The molecule has 52 heavy (non-hydrogen) atoms. The molecule has 9 N–H and O–H groups in total. The van der Waals surface area contributed by atoms with E-state index in [0.29, 0.717) is 0 Å². The molecule has 1 saturated heterocycles. The third-order valence-corrected chi connectivity index (χ3v) is 7.94. The van der Waals surface area contributed by atoms with E-state index in [2.05, 4.69) is 11.8 Å². The zero-order chi connectivity index (χ0) is 39.7. The minimum absolute atomic E-state index is 0.00849. The van der Waals surface area contributed by atoms with Crippen LogP contribution >= 0.6 is 11.6 Å². The van der Waals surface area contributed by atoms with Crippen molar-refractivity contribution >= 4 is 46.4 Å². The van der Waals surface area contributed by atoms with Crippen LogP contribution in [0.1, 0.15) is 43.9 Å². The minimum atomic E-state index is -4.91. The molecule has 0 aliphatic carbocycles. The average molecular weight is 766 g/mol. The molecule has 1 aliphatic rings. The van der Waals surface area contributed by atoms with Gasteiger partial charge in [-0.05, 0) is 55.6 Å². The molecule has 16 nitrogen and oxygen atoms in total. The van der Waals surface area contributed by atoms with Crippen LogP contribution < -0.4 is 5.43 Å². The van der Waals surface area contributed by atoms with Gasteiger partial charge in [-0.15, -0.1) is 0 Å². The van der Waals surface area contributed by atoms with Gasteiger partial charge in [-0.25, -0.2) is 19.2 Å². The first-order valence-electron chi connectivity index (χ1n) is 15.2. The van der Waals surface area contributed by atoms with Crippen LogP contribution in [0.4, 0.5) is 13.2 Å². The number of carbonyl (C=O) groups is 4. The summed E-state index contributed by atoms with van der Waals surface area (Å²) in [4.78, 5) is 54.5. The van der Waals surface area contributed by atoms with E-state index < -0.39 is 71.2 Å². The van der Waals surface area contributed by atoms with E-state index in [4.69, 9.17) is 56.9 Å². The SMILES string of the molecule is CCC1CCCCN1Cc1c(O)ccc2c(=O)c(-c3cccc(Cl)c3)c(C(F)(F)F)oc12.O=C(O)C(O)C(O)C(=O)O.O=C(O)[C@H](O)[C@@H](O)C(=O)O. The number of phenols is 1. The Morgan fingerprint density at radius 1 is 0.885 bits per heavy atom. The second kappa shape index (κ2) is 18.6. The summed E-state index contributed by atoms with van der Waals surface area (Å²) in [6.45, 7) is 3.04. The van der Waals surface area contributed by atoms with Crippen LogP contribution in [0.15, 0.2) is 45.6 Å². The Hall–Kier alpha value is -4.79. The Bertz CT molecular complexity index is 1740. The molecule has 0 spiro atoms. The maximum atomic E-state index is 14.0. The Morgan fingerprint density at radius 2 is 1.40 bits per heavy atom. The molecule has 1 fully saturated rings. The summed E-state index contributed by atoms with van der Waals surface area (Å²) in [7, 11) is 0. The topological polar surface area (TPSA) is 284 Å². The first-order valence-corrected chi connectivity index (χ1v) is 15.5. The molecular formula is C32H35ClF3NO15. The summed E-state index contributed by atoms with van der Waals surface area (Å²) >= 11 is 5.96. The number of aliphatic hydroxyl groups is 4. The van der Waals surface area contributed by atoms with Crippen molar-refractivity contribution in [3.63, 3.8) is 0 Å². The van der Waals surface area contributed by atoms with Crippen LogP contribution in [0.25, 0.3) is 22.1 Å². The molecule has 3 unspecified atom stereocenters. The highest BCUT2D eigenvalue weighted by molar-refractivity contribution is 6.30. The summed E-state index contributed by atoms with van der Waals surface area (Å²) in [6, 6.07) is 8.59. The summed E-state index contributed by atoms with van der Waals surface area (Å²) in [6.07, 6.45) is -10.0. The van der Waals surface area contributed by atoms with E-state index in [1.165, 1.54) is 36.4 Å². The van der Waals surface area contributed by atoms with Crippen molar-refractivity contribution in [3.05, 3.63) is 63.0 Å². The molecule has 1 aromatic heterocycles. The highest BCUT2D eigenvalue weighted by atomic mass is 35.5. The van der Waals surface area contributed by atoms with Gasteiger partial charge in [0, 0.05) is 17.6 Å². The number of benzene rings is 2. The largest absolute Gasteiger partial charge is 0.507 e. The average Bonchev–Trinajstić information content (AvgIpc) is 3.08. The van der Waals surface area contributed by atoms with Gasteiger partial charge >= 0.3 is 30.1 Å². The molecule has 2 aromatic carbocycles. The van der Waals surface area contributed by atoms with Crippen molar-refractivity contribution < 1.29 is 82.7 Å². The molecule has 0 radical (unpaired) electrons. The fourth-order valence-electron chi connectivity index (χ4n) is 5.04. The van der Waals surface area contributed by atoms with Crippen LogP contribution in [0.5, 0.6) is 5.75 Å². The number of hydrogen-bond donors (Lipinski definition) is 9. The molecule has 2 heterocycles. The van der Waals surface area contributed by atoms with Gasteiger partial charge < -0.3 is 50.4 Å². The molecule has 0 amide bonds. The normalized spacial score (nSPS) is 17.0. The molecule has 1 aliphatic heterocycles. The zero-order valence-corrected chi connectivity index (χ0v) is 27.8. The van der Waals surface area contributed by atoms with Gasteiger partial charge in [0.25, 0.3) is 0 Å². The van der Waals surface area contributed by atoms with Crippen LogP contribution in [-0.2, 0) is 31.9 Å². The van der Waals surface area contributed by atoms with Crippen LogP contribution in [0.2, 0.25) is 5.02 Å². The number of fused-ring (bicyclic) bond motifs is 1. The number of rotatable bonds is 10. The van der Waals surface area contributed by atoms with Crippen molar-refractivity contribution in [3.8, 4) is 16.9 Å². The number of likely N-dealkylation sites (tertiary alicyclic amines) is 1. The van der Waals surface area contributed by atoms with Gasteiger partial charge in [-0.1, -0.05) is 37.1 Å². The zero-order valence-electron chi connectivity index (χ0n) is 27.0. The number of alkyl halides is 3. The van der Waals surface area contributed by atoms with Crippen molar-refractivity contribution in [1.82, 2.24) is 4.90 Å². The highest BCUT2D eigenvalue weighted by Crippen LogP contribution is 2.40. The summed E-state index contributed by atoms with van der Waals surface area (Å²) in [5.74, 6) is -8.66. The number of aromatic hydroxyl groups is 1. The standard InChI is InChI=1S/C24H23ClF3NO3.2C4H6O6/c1-2-16-8-3-4-11-29(16)13-18-19(30)10-9-17-21(31)20(14-6-5-7-15(25)12-14)23(24(26,27)28)32-22(17)18;2*5-1(3(7)8)2(6)4(9)10/h5-7,9-10,12,16,30H,2-4,8,11,13H2,1H3;2*1-2,5-6H,(H,7,8)(H,9,10)/t;1-,2-;/m.1./s1. The van der Waals surface area contributed by atoms with Gasteiger partial charge in [0.1, 0.15) is 11.3 Å². The molecule has 3 aromatic rings. The van der Waals surface area contributed by atoms with Gasteiger partial charge in [-0.3, -0.25) is 9.69 Å². The molecule has 0 bridgehead atoms. The number of aliphatic carboxylic acids is 4. The smallest absolute Gasteiger partial charge is 0.450 e. The second-order valence-corrected chi connectivity index (χ2v) is 11.7. The summed E-state index contributed by atoms with van der Waals surface area (Å²) < 4.78 is 47.4. The first kappa shape index (κ1) is 43.4. The molecule has 0 saturated carbocycles. The van der Waals surface area contributed by atoms with Gasteiger partial charge in [0.05, 0.1) is 16.5 Å². The molecule has 4 rings (SSSR count). The number of aliphatic hydroxyl groups excluding tert-OH is 4. The van der Waals surface area contributed by atoms with Gasteiger partial charge in [0.2, 0.25) is 11.2 Å². The number of halogens is 4. The lowest BCUT2D eigenvalue weighted by atomic mass is 9.97. The monoisotopic (exact) mass is 765 g/mol. The van der Waals surface area contributed by atoms with Crippen LogP contribution in [0.3, 0.4) is 0 Å². The van der Waals surface area contributed by atoms with E-state index in [0.717, 1.165) is 32.2 Å². The Kier molecular flexibility index (Phi) is 15.5. The Morgan fingerprint density at radius 3 is 1.85 bits per heavy atom. The van der Waals surface area contributed by atoms with E-state index in [-0.39, 0.29) is 45.5 Å².